The summed E-state index contributed by atoms with van der Waals surface area (Å²) < 4.78 is 0. The van der Waals surface area contributed by atoms with E-state index in [9.17, 15) is 5.11 Å². The minimum atomic E-state index is -0.0363. The Kier molecular flexibility index (Phi) is 6.98. The van der Waals surface area contributed by atoms with Gasteiger partial charge in [-0.2, -0.15) is 0 Å². The molecule has 0 heterocycles. The smallest absolute Gasteiger partial charge is 0.0540 e. The van der Waals surface area contributed by atoms with E-state index in [1.165, 1.54) is 12.8 Å². The first kappa shape index (κ1) is 12.9. The van der Waals surface area contributed by atoms with Gasteiger partial charge in [-0.15, -0.1) is 0 Å². The summed E-state index contributed by atoms with van der Waals surface area (Å²) in [7, 11) is 0. The Hall–Kier alpha value is -0.120. The Balaban J connectivity index is 1.87. The van der Waals surface area contributed by atoms with Crippen molar-refractivity contribution in [1.29, 1.82) is 0 Å². The van der Waals surface area contributed by atoms with Crippen LogP contribution in [-0.4, -0.2) is 36.0 Å². The third-order valence-electron chi connectivity index (χ3n) is 3.26. The molecule has 0 spiro atoms. The molecular weight excluding hydrogens is 190 g/mol. The first-order valence-electron chi connectivity index (χ1n) is 6.32. The van der Waals surface area contributed by atoms with Crippen molar-refractivity contribution in [3.8, 4) is 0 Å². The zero-order valence-corrected chi connectivity index (χ0v) is 9.62. The zero-order valence-electron chi connectivity index (χ0n) is 9.62. The predicted octanol–water partition coefficient (Wildman–Crippen LogP) is 1.29. The normalized spacial score (nSPS) is 26.8. The molecular formula is C12H25NO2. The van der Waals surface area contributed by atoms with E-state index in [0.717, 1.165) is 51.1 Å². The largest absolute Gasteiger partial charge is 0.396 e. The van der Waals surface area contributed by atoms with Crippen LogP contribution in [0, 0.1) is 5.92 Å². The van der Waals surface area contributed by atoms with Gasteiger partial charge < -0.3 is 15.5 Å². The molecule has 3 N–H and O–H groups in total. The maximum absolute atomic E-state index is 9.35. The molecule has 1 fully saturated rings. The lowest BCUT2D eigenvalue weighted by atomic mass is 9.87. The van der Waals surface area contributed by atoms with Crippen LogP contribution in [0.4, 0.5) is 0 Å². The number of rotatable bonds is 7. The van der Waals surface area contributed by atoms with Crippen LogP contribution in [0.2, 0.25) is 0 Å². The molecule has 1 aliphatic rings. The summed E-state index contributed by atoms with van der Waals surface area (Å²) in [6, 6.07) is 0. The molecule has 0 unspecified atom stereocenters. The second kappa shape index (κ2) is 8.08. The third-order valence-corrected chi connectivity index (χ3v) is 3.26. The summed E-state index contributed by atoms with van der Waals surface area (Å²) in [6.45, 7) is 2.49. The van der Waals surface area contributed by atoms with E-state index in [1.54, 1.807) is 0 Å². The van der Waals surface area contributed by atoms with Gasteiger partial charge in [-0.25, -0.2) is 0 Å². The van der Waals surface area contributed by atoms with Gasteiger partial charge in [0.15, 0.2) is 0 Å². The van der Waals surface area contributed by atoms with Crippen LogP contribution in [0.1, 0.15) is 44.9 Å². The average molecular weight is 215 g/mol. The van der Waals surface area contributed by atoms with Crippen molar-refractivity contribution in [2.24, 2.45) is 5.92 Å². The van der Waals surface area contributed by atoms with Gasteiger partial charge >= 0.3 is 0 Å². The topological polar surface area (TPSA) is 52.5 Å². The third kappa shape index (κ3) is 6.13. The quantitative estimate of drug-likeness (QED) is 0.561. The maximum Gasteiger partial charge on any atom is 0.0540 e. The van der Waals surface area contributed by atoms with E-state index in [4.69, 9.17) is 5.11 Å². The lowest BCUT2D eigenvalue weighted by Crippen LogP contribution is -2.28. The molecule has 15 heavy (non-hydrogen) atoms. The Labute approximate surface area is 92.9 Å². The van der Waals surface area contributed by atoms with E-state index in [2.05, 4.69) is 5.32 Å². The van der Waals surface area contributed by atoms with Gasteiger partial charge in [-0.1, -0.05) is 0 Å². The van der Waals surface area contributed by atoms with Gasteiger partial charge in [0.05, 0.1) is 6.10 Å². The first-order valence-corrected chi connectivity index (χ1v) is 6.32. The molecule has 0 aromatic rings. The highest BCUT2D eigenvalue weighted by atomic mass is 16.3. The fraction of sp³-hybridized carbons (Fsp3) is 1.00. The molecule has 0 aliphatic heterocycles. The van der Waals surface area contributed by atoms with E-state index >= 15 is 0 Å². The minimum Gasteiger partial charge on any atom is -0.396 e. The molecule has 0 radical (unpaired) electrons. The second-order valence-corrected chi connectivity index (χ2v) is 4.66. The molecule has 0 bridgehead atoms. The van der Waals surface area contributed by atoms with Gasteiger partial charge in [0.25, 0.3) is 0 Å². The Morgan fingerprint density at radius 2 is 1.73 bits per heavy atom. The molecule has 0 saturated heterocycles. The summed E-state index contributed by atoms with van der Waals surface area (Å²) >= 11 is 0. The molecule has 0 amide bonds. The monoisotopic (exact) mass is 215 g/mol. The lowest BCUT2D eigenvalue weighted by molar-refractivity contribution is 0.108. The average Bonchev–Trinajstić information content (AvgIpc) is 2.26. The van der Waals surface area contributed by atoms with Gasteiger partial charge in [-0.3, -0.25) is 0 Å². The van der Waals surface area contributed by atoms with Gasteiger partial charge in [0.1, 0.15) is 0 Å². The van der Waals surface area contributed by atoms with Crippen LogP contribution in [0.15, 0.2) is 0 Å². The Morgan fingerprint density at radius 1 is 1.00 bits per heavy atom. The van der Waals surface area contributed by atoms with Crippen molar-refractivity contribution in [2.75, 3.05) is 19.7 Å². The number of hydrogen-bond donors (Lipinski definition) is 3. The SMILES string of the molecule is OCCCCCNCC1CCC(O)CC1. The van der Waals surface area contributed by atoms with Crippen LogP contribution in [0.25, 0.3) is 0 Å². The summed E-state index contributed by atoms with van der Waals surface area (Å²) in [5, 5.41) is 21.4. The van der Waals surface area contributed by atoms with E-state index < -0.39 is 0 Å². The van der Waals surface area contributed by atoms with Crippen molar-refractivity contribution < 1.29 is 10.2 Å². The molecule has 90 valence electrons. The molecule has 1 saturated carbocycles. The molecule has 1 aliphatic carbocycles. The van der Waals surface area contributed by atoms with Crippen molar-refractivity contribution in [3.05, 3.63) is 0 Å². The van der Waals surface area contributed by atoms with Crippen LogP contribution < -0.4 is 5.32 Å². The summed E-state index contributed by atoms with van der Waals surface area (Å²) in [5.74, 6) is 0.770. The highest BCUT2D eigenvalue weighted by Crippen LogP contribution is 2.23. The van der Waals surface area contributed by atoms with Crippen LogP contribution in [0.3, 0.4) is 0 Å². The van der Waals surface area contributed by atoms with Gasteiger partial charge in [-0.05, 0) is 64.0 Å². The van der Waals surface area contributed by atoms with Crippen molar-refractivity contribution in [3.63, 3.8) is 0 Å². The van der Waals surface area contributed by atoms with Crippen molar-refractivity contribution in [2.45, 2.75) is 51.0 Å². The summed E-state index contributed by atoms with van der Waals surface area (Å²) in [4.78, 5) is 0. The van der Waals surface area contributed by atoms with Gasteiger partial charge in [0, 0.05) is 6.61 Å². The molecule has 0 aromatic carbocycles. The van der Waals surface area contributed by atoms with E-state index in [-0.39, 0.29) is 6.10 Å². The summed E-state index contributed by atoms with van der Waals surface area (Å²) in [6.07, 6.45) is 7.48. The predicted molar refractivity (Wildman–Crippen MR) is 61.8 cm³/mol. The van der Waals surface area contributed by atoms with E-state index in [1.807, 2.05) is 0 Å². The number of aliphatic hydroxyl groups is 2. The number of nitrogens with one attached hydrogen (secondary N) is 1. The van der Waals surface area contributed by atoms with Gasteiger partial charge in [0.2, 0.25) is 0 Å². The summed E-state index contributed by atoms with van der Waals surface area (Å²) in [5.41, 5.74) is 0. The Morgan fingerprint density at radius 3 is 2.40 bits per heavy atom. The molecule has 0 atom stereocenters. The van der Waals surface area contributed by atoms with Crippen LogP contribution in [0.5, 0.6) is 0 Å². The number of hydrogen-bond acceptors (Lipinski definition) is 3. The van der Waals surface area contributed by atoms with Crippen LogP contribution >= 0.6 is 0 Å². The molecule has 3 nitrogen and oxygen atoms in total. The second-order valence-electron chi connectivity index (χ2n) is 4.66. The minimum absolute atomic E-state index is 0.0363. The fourth-order valence-electron chi connectivity index (χ4n) is 2.19. The maximum atomic E-state index is 9.35. The first-order chi connectivity index (χ1) is 7.33. The fourth-order valence-corrected chi connectivity index (χ4v) is 2.19. The van der Waals surface area contributed by atoms with Crippen molar-refractivity contribution in [1.82, 2.24) is 5.32 Å². The molecule has 1 rings (SSSR count). The van der Waals surface area contributed by atoms with E-state index in [0.29, 0.717) is 6.61 Å². The highest BCUT2D eigenvalue weighted by Gasteiger charge is 2.18. The lowest BCUT2D eigenvalue weighted by Gasteiger charge is -2.25. The number of aliphatic hydroxyl groups excluding tert-OH is 2. The van der Waals surface area contributed by atoms with Crippen LogP contribution in [-0.2, 0) is 0 Å². The van der Waals surface area contributed by atoms with Crippen molar-refractivity contribution >= 4 is 0 Å². The number of unbranched alkanes of at least 4 members (excludes halogenated alkanes) is 2. The zero-order chi connectivity index (χ0) is 10.9. The highest BCUT2D eigenvalue weighted by molar-refractivity contribution is 4.72. The molecule has 3 heteroatoms. The Bertz CT molecular complexity index is 145. The standard InChI is InChI=1S/C12H25NO2/c14-9-3-1-2-8-13-10-11-4-6-12(15)7-5-11/h11-15H,1-10H2. The molecule has 0 aromatic heterocycles.